The molecule has 1 N–H and O–H groups in total. The maximum atomic E-state index is 10.6. The van der Waals surface area contributed by atoms with Crippen LogP contribution in [0, 0.1) is 0 Å². The molecule has 0 saturated heterocycles. The molecule has 0 aliphatic heterocycles. The first-order valence-electron chi connectivity index (χ1n) is 21.0. The number of phenols is 1. The molecule has 0 atom stereocenters. The number of methoxy groups -OCH3 is 1. The third-order valence-electron chi connectivity index (χ3n) is 9.22. The maximum absolute atomic E-state index is 10.6. The maximum Gasteiger partial charge on any atom is 0.185 e. The van der Waals surface area contributed by atoms with Crippen LogP contribution < -0.4 is 4.74 Å². The van der Waals surface area contributed by atoms with E-state index in [2.05, 4.69) is 25.2 Å². The lowest BCUT2D eigenvalue weighted by molar-refractivity contribution is 0.109. The second-order valence-corrected chi connectivity index (χ2v) is 14.6. The van der Waals surface area contributed by atoms with E-state index in [0.29, 0.717) is 46.0 Å². The van der Waals surface area contributed by atoms with Gasteiger partial charge in [0, 0.05) is 27.8 Å². The third-order valence-corrected chi connectivity index (χ3v) is 9.56. The van der Waals surface area contributed by atoms with Gasteiger partial charge < -0.3 is 14.3 Å². The number of halogens is 1. The number of furan rings is 1. The van der Waals surface area contributed by atoms with Crippen LogP contribution in [-0.2, 0) is 6.42 Å². The lowest BCUT2D eigenvalue weighted by Gasteiger charge is -2.03. The zero-order valence-electron chi connectivity index (χ0n) is 38.1. The van der Waals surface area contributed by atoms with E-state index in [1.807, 2.05) is 91.0 Å². The Labute approximate surface area is 401 Å². The van der Waals surface area contributed by atoms with Crippen molar-refractivity contribution >= 4 is 66.4 Å². The number of hydrogen-bond donors (Lipinski definition) is 1. The van der Waals surface area contributed by atoms with Crippen molar-refractivity contribution in [2.24, 2.45) is 0 Å². The fraction of sp³-hybridized carbons (Fsp3) is 0.105. The lowest BCUT2D eigenvalue weighted by atomic mass is 10.0. The quantitative estimate of drug-likeness (QED) is 0.131. The number of aromatic hydroxyl groups is 1. The van der Waals surface area contributed by atoms with Gasteiger partial charge in [0.05, 0.1) is 24.0 Å². The predicted octanol–water partition coefficient (Wildman–Crippen LogP) is 13.3. The van der Waals surface area contributed by atoms with Crippen molar-refractivity contribution in [1.82, 2.24) is 0 Å². The summed E-state index contributed by atoms with van der Waals surface area (Å²) >= 11 is 5.59. The van der Waals surface area contributed by atoms with Crippen LogP contribution in [0.5, 0.6) is 11.5 Å². The van der Waals surface area contributed by atoms with Gasteiger partial charge in [-0.3, -0.25) is 33.6 Å². The van der Waals surface area contributed by atoms with Crippen LogP contribution in [0.4, 0.5) is 0 Å². The van der Waals surface area contributed by atoms with Crippen LogP contribution in [0.1, 0.15) is 111 Å². The van der Waals surface area contributed by atoms with Crippen molar-refractivity contribution in [2.45, 2.75) is 33.1 Å². The summed E-state index contributed by atoms with van der Waals surface area (Å²) in [6.07, 6.45) is 7.94. The molecular weight excluding hydrogens is 880 g/mol. The first kappa shape index (κ1) is 55.8. The number of ether oxygens (including phenoxy) is 1. The van der Waals surface area contributed by atoms with Crippen LogP contribution in [0.2, 0.25) is 5.02 Å². The average molecular weight is 933 g/mol. The summed E-state index contributed by atoms with van der Waals surface area (Å²) in [6, 6.07) is 52.4. The molecule has 68 heavy (non-hydrogen) atoms. The number of benzene rings is 7. The molecule has 0 unspecified atom stereocenters. The van der Waals surface area contributed by atoms with Crippen molar-refractivity contribution in [3.8, 4) is 11.5 Å². The third kappa shape index (κ3) is 21.1. The Morgan fingerprint density at radius 3 is 1.43 bits per heavy atom. The topological polar surface area (TPSA) is 162 Å². The molecule has 0 bridgehead atoms. The molecule has 1 heterocycles. The number of para-hydroxylation sites is 1. The summed E-state index contributed by atoms with van der Waals surface area (Å²) < 4.78 is 9.51. The van der Waals surface area contributed by atoms with Crippen LogP contribution in [0.15, 0.2) is 187 Å². The molecule has 0 fully saturated rings. The first-order valence-corrected chi connectivity index (χ1v) is 21.4. The normalized spacial score (nSPS) is 9.32. The van der Waals surface area contributed by atoms with Crippen LogP contribution >= 0.6 is 11.6 Å². The summed E-state index contributed by atoms with van der Waals surface area (Å²) in [5.41, 5.74) is 6.33. The standard InChI is InChI=1S/C11H8O.C10H12O.C9H10O.C8H8O2.C7H5ClO.C7H6O2.C5H4O2/c12-8-10-6-3-5-9-4-1-2-7-11(9)10;1-8(2)10-5-3-9(7-11)4-6-10;1-2-8-3-5-9(7-10)6-4-8;1-10-8-4-2-7(6-9)3-5-8;8-7-4-2-1-3-6(7)5-9;8-5-6-3-1-2-4-7(6)9;6-4-5-2-1-3-7-5/h1-8H;3-8H,1-2H3;3-7H,2H2,1H3;2-6H,1H3;1-5H;1-5,9H;1-4H. The SMILES string of the molecule is CC(C)c1ccc(C=O)cc1.CCc1ccc(C=O)cc1.COc1ccc(C=O)cc1.O=Cc1cccc2ccccc12.O=Cc1ccccc1Cl.O=Cc1ccccc1O.O=Cc1ccco1. The van der Waals surface area contributed by atoms with Crippen molar-refractivity contribution in [3.05, 3.63) is 237 Å². The van der Waals surface area contributed by atoms with E-state index >= 15 is 0 Å². The second-order valence-electron chi connectivity index (χ2n) is 14.2. The van der Waals surface area contributed by atoms with Gasteiger partial charge in [0.1, 0.15) is 30.4 Å². The largest absolute Gasteiger partial charge is 0.507 e. The van der Waals surface area contributed by atoms with Crippen LogP contribution in [0.3, 0.4) is 0 Å². The molecule has 0 spiro atoms. The monoisotopic (exact) mass is 932 g/mol. The number of carbonyl (C=O) groups is 7. The minimum Gasteiger partial charge on any atom is -0.507 e. The zero-order valence-corrected chi connectivity index (χ0v) is 38.9. The molecule has 0 aliphatic carbocycles. The molecule has 0 saturated carbocycles. The van der Waals surface area contributed by atoms with E-state index in [-0.39, 0.29) is 5.75 Å². The number of aldehydes is 7. The molecule has 0 aliphatic rings. The van der Waals surface area contributed by atoms with Gasteiger partial charge >= 0.3 is 0 Å². The smallest absolute Gasteiger partial charge is 0.185 e. The molecule has 11 heteroatoms. The van der Waals surface area contributed by atoms with Gasteiger partial charge in [-0.1, -0.05) is 154 Å². The number of phenolic OH excluding ortho intramolecular Hbond substituents is 1. The molecule has 8 rings (SSSR count). The second kappa shape index (κ2) is 33.2. The Hall–Kier alpha value is -8.34. The summed E-state index contributed by atoms with van der Waals surface area (Å²) in [7, 11) is 1.59. The highest BCUT2D eigenvalue weighted by atomic mass is 35.5. The van der Waals surface area contributed by atoms with Crippen LogP contribution in [-0.4, -0.2) is 56.2 Å². The van der Waals surface area contributed by atoms with Gasteiger partial charge in [0.15, 0.2) is 30.9 Å². The zero-order chi connectivity index (χ0) is 49.9. The molecular formula is C57H53ClO10. The summed E-state index contributed by atoms with van der Waals surface area (Å²) in [6.45, 7) is 6.36. The number of aryl methyl sites for hydroxylation is 1. The van der Waals surface area contributed by atoms with E-state index in [4.69, 9.17) is 21.4 Å². The highest BCUT2D eigenvalue weighted by molar-refractivity contribution is 6.32. The average Bonchev–Trinajstić information content (AvgIpc) is 3.95. The Morgan fingerprint density at radius 1 is 0.515 bits per heavy atom. The molecule has 348 valence electrons. The minimum atomic E-state index is 0.0347. The van der Waals surface area contributed by atoms with Crippen LogP contribution in [0.25, 0.3) is 10.8 Å². The highest BCUT2D eigenvalue weighted by Crippen LogP contribution is 2.17. The van der Waals surface area contributed by atoms with E-state index in [9.17, 15) is 33.6 Å². The van der Waals surface area contributed by atoms with E-state index in [0.717, 1.165) is 71.1 Å². The molecule has 1 aromatic heterocycles. The Morgan fingerprint density at radius 2 is 1.00 bits per heavy atom. The van der Waals surface area contributed by atoms with Gasteiger partial charge in [-0.25, -0.2) is 0 Å². The number of hydrogen-bond acceptors (Lipinski definition) is 10. The van der Waals surface area contributed by atoms with Gasteiger partial charge in [0.2, 0.25) is 0 Å². The lowest BCUT2D eigenvalue weighted by Crippen LogP contribution is -1.87. The Balaban J connectivity index is 0.000000274. The predicted molar refractivity (Wildman–Crippen MR) is 269 cm³/mol. The van der Waals surface area contributed by atoms with E-state index < -0.39 is 0 Å². The van der Waals surface area contributed by atoms with Crippen molar-refractivity contribution in [1.29, 1.82) is 0 Å². The minimum absolute atomic E-state index is 0.0347. The fourth-order valence-corrected chi connectivity index (χ4v) is 5.52. The molecule has 8 aromatic rings. The van der Waals surface area contributed by atoms with Gasteiger partial charge in [0.25, 0.3) is 0 Å². The summed E-state index contributed by atoms with van der Waals surface area (Å²) in [4.78, 5) is 71.3. The first-order chi connectivity index (χ1) is 33.0. The fourth-order valence-electron chi connectivity index (χ4n) is 5.34. The van der Waals surface area contributed by atoms with Crippen molar-refractivity contribution in [3.63, 3.8) is 0 Å². The van der Waals surface area contributed by atoms with Gasteiger partial charge in [-0.15, -0.1) is 0 Å². The summed E-state index contributed by atoms with van der Waals surface area (Å²) in [5.74, 6) is 1.72. The van der Waals surface area contributed by atoms with Gasteiger partial charge in [-0.2, -0.15) is 0 Å². The Bertz CT molecular complexity index is 2600. The molecule has 7 aromatic carbocycles. The van der Waals surface area contributed by atoms with E-state index in [1.54, 1.807) is 86.0 Å². The Kier molecular flexibility index (Phi) is 27.2. The molecule has 0 radical (unpaired) electrons. The highest BCUT2D eigenvalue weighted by Gasteiger charge is 1.99. The molecule has 10 nitrogen and oxygen atoms in total. The number of carbonyl (C=O) groups excluding carboxylic acids is 7. The van der Waals surface area contributed by atoms with Gasteiger partial charge in [-0.05, 0) is 88.8 Å². The number of rotatable bonds is 10. The van der Waals surface area contributed by atoms with Crippen molar-refractivity contribution in [2.75, 3.05) is 7.11 Å². The van der Waals surface area contributed by atoms with E-state index in [1.165, 1.54) is 23.5 Å². The molecule has 0 amide bonds. The summed E-state index contributed by atoms with van der Waals surface area (Å²) in [5, 5.41) is 11.5. The van der Waals surface area contributed by atoms with Crippen molar-refractivity contribution < 1.29 is 47.8 Å². The number of fused-ring (bicyclic) bond motifs is 1.